The van der Waals surface area contributed by atoms with Crippen LogP contribution in [0.5, 0.6) is 17.2 Å². The molecule has 0 atom stereocenters. The van der Waals surface area contributed by atoms with Crippen molar-refractivity contribution in [3.05, 3.63) is 87.8 Å². The Labute approximate surface area is 198 Å². The Bertz CT molecular complexity index is 1390. The summed E-state index contributed by atoms with van der Waals surface area (Å²) in [5, 5.41) is 0.924. The number of aryl methyl sites for hydroxylation is 1. The highest BCUT2D eigenvalue weighted by Gasteiger charge is 2.23. The van der Waals surface area contributed by atoms with Gasteiger partial charge in [-0.1, -0.05) is 36.4 Å². The van der Waals surface area contributed by atoms with Crippen molar-refractivity contribution in [3.63, 3.8) is 0 Å². The van der Waals surface area contributed by atoms with E-state index in [0.717, 1.165) is 64.4 Å². The normalized spacial score (nSPS) is 13.4. The molecular formula is C28H27NO5. The topological polar surface area (TPSA) is 61.1 Å². The molecule has 0 saturated carbocycles. The Morgan fingerprint density at radius 2 is 1.76 bits per heavy atom. The summed E-state index contributed by atoms with van der Waals surface area (Å²) in [6, 6.07) is 19.6. The molecule has 2 heterocycles. The van der Waals surface area contributed by atoms with Crippen molar-refractivity contribution in [2.45, 2.75) is 19.9 Å². The monoisotopic (exact) mass is 457 g/mol. The number of benzene rings is 3. The molecule has 1 aromatic heterocycles. The molecule has 4 aromatic rings. The number of hydrogen-bond acceptors (Lipinski definition) is 6. The Hall–Kier alpha value is -3.77. The van der Waals surface area contributed by atoms with E-state index in [2.05, 4.69) is 17.0 Å². The predicted molar refractivity (Wildman–Crippen MR) is 132 cm³/mol. The largest absolute Gasteiger partial charge is 0.493 e. The zero-order chi connectivity index (χ0) is 23.7. The maximum Gasteiger partial charge on any atom is 0.336 e. The van der Waals surface area contributed by atoms with Crippen molar-refractivity contribution in [2.24, 2.45) is 0 Å². The number of nitrogens with zero attached hydrogens (tertiary/aromatic N) is 1. The van der Waals surface area contributed by atoms with Gasteiger partial charge in [-0.25, -0.2) is 4.79 Å². The predicted octanol–water partition coefficient (Wildman–Crippen LogP) is 5.18. The van der Waals surface area contributed by atoms with Crippen LogP contribution in [0.15, 0.2) is 69.9 Å². The number of hydrogen-bond donors (Lipinski definition) is 0. The Morgan fingerprint density at radius 1 is 0.971 bits per heavy atom. The van der Waals surface area contributed by atoms with Crippen molar-refractivity contribution in [3.8, 4) is 28.4 Å². The van der Waals surface area contributed by atoms with Crippen LogP contribution < -0.4 is 19.8 Å². The third kappa shape index (κ3) is 4.13. The highest BCUT2D eigenvalue weighted by atomic mass is 16.5. The molecular weight excluding hydrogens is 430 g/mol. The summed E-state index contributed by atoms with van der Waals surface area (Å²) in [7, 11) is 3.29. The molecule has 0 amide bonds. The van der Waals surface area contributed by atoms with Gasteiger partial charge in [0.25, 0.3) is 0 Å². The first-order chi connectivity index (χ1) is 16.6. The van der Waals surface area contributed by atoms with Crippen LogP contribution in [0.4, 0.5) is 0 Å². The van der Waals surface area contributed by atoms with Crippen LogP contribution in [0.1, 0.15) is 16.7 Å². The summed E-state index contributed by atoms with van der Waals surface area (Å²) < 4.78 is 22.5. The van der Waals surface area contributed by atoms with E-state index in [9.17, 15) is 4.79 Å². The lowest BCUT2D eigenvalue weighted by Crippen LogP contribution is -2.34. The molecule has 174 valence electrons. The Balaban J connectivity index is 1.44. The SMILES string of the molecule is COc1ccc(CCN2COc3c(cc4c(-c5ccccc5)cc(=O)oc4c3C)C2)cc1OC. The number of methoxy groups -OCH3 is 2. The third-order valence-electron chi connectivity index (χ3n) is 6.33. The lowest BCUT2D eigenvalue weighted by Gasteiger charge is -2.30. The van der Waals surface area contributed by atoms with E-state index in [1.807, 2.05) is 49.4 Å². The summed E-state index contributed by atoms with van der Waals surface area (Å²) in [4.78, 5) is 14.6. The molecule has 0 saturated heterocycles. The lowest BCUT2D eigenvalue weighted by molar-refractivity contribution is 0.0959. The molecule has 0 radical (unpaired) electrons. The van der Waals surface area contributed by atoms with Crippen molar-refractivity contribution in [1.29, 1.82) is 0 Å². The zero-order valence-electron chi connectivity index (χ0n) is 19.6. The molecule has 1 aliphatic rings. The van der Waals surface area contributed by atoms with E-state index < -0.39 is 0 Å². The molecule has 6 heteroatoms. The van der Waals surface area contributed by atoms with Crippen molar-refractivity contribution < 1.29 is 18.6 Å². The smallest absolute Gasteiger partial charge is 0.336 e. The van der Waals surface area contributed by atoms with E-state index >= 15 is 0 Å². The van der Waals surface area contributed by atoms with Gasteiger partial charge in [-0.15, -0.1) is 0 Å². The first-order valence-electron chi connectivity index (χ1n) is 11.3. The molecule has 0 unspecified atom stereocenters. The molecule has 0 aliphatic carbocycles. The van der Waals surface area contributed by atoms with Gasteiger partial charge in [-0.05, 0) is 48.2 Å². The Morgan fingerprint density at radius 3 is 2.53 bits per heavy atom. The summed E-state index contributed by atoms with van der Waals surface area (Å²) >= 11 is 0. The van der Waals surface area contributed by atoms with Gasteiger partial charge in [-0.2, -0.15) is 0 Å². The zero-order valence-corrected chi connectivity index (χ0v) is 19.6. The van der Waals surface area contributed by atoms with Gasteiger partial charge in [-0.3, -0.25) is 4.90 Å². The van der Waals surface area contributed by atoms with Crippen LogP contribution >= 0.6 is 0 Å². The van der Waals surface area contributed by atoms with E-state index in [1.54, 1.807) is 20.3 Å². The molecule has 0 spiro atoms. The van der Waals surface area contributed by atoms with Crippen LogP contribution in [0.25, 0.3) is 22.1 Å². The third-order valence-corrected chi connectivity index (χ3v) is 6.33. The number of ether oxygens (including phenoxy) is 3. The number of rotatable bonds is 6. The van der Waals surface area contributed by atoms with Gasteiger partial charge in [0.15, 0.2) is 11.5 Å². The molecule has 6 nitrogen and oxygen atoms in total. The molecule has 1 aliphatic heterocycles. The number of fused-ring (bicyclic) bond motifs is 2. The minimum absolute atomic E-state index is 0.359. The summed E-state index contributed by atoms with van der Waals surface area (Å²) in [6.45, 7) is 4.03. The maximum atomic E-state index is 12.3. The van der Waals surface area contributed by atoms with E-state index in [4.69, 9.17) is 18.6 Å². The highest BCUT2D eigenvalue weighted by Crippen LogP contribution is 2.38. The Kier molecular flexibility index (Phi) is 5.99. The van der Waals surface area contributed by atoms with Crippen LogP contribution in [0, 0.1) is 6.92 Å². The van der Waals surface area contributed by atoms with Gasteiger partial charge >= 0.3 is 5.63 Å². The second-order valence-electron chi connectivity index (χ2n) is 8.48. The standard InChI is InChI=1S/C28H27NO5/c1-18-27-21(14-23-22(15-26(30)34-28(18)23)20-7-5-4-6-8-20)16-29(17-33-27)12-11-19-9-10-24(31-2)25(13-19)32-3/h4-10,13-15H,11-12,16-17H2,1-3H3. The average Bonchev–Trinajstić information content (AvgIpc) is 2.88. The average molecular weight is 458 g/mol. The summed E-state index contributed by atoms with van der Waals surface area (Å²) in [5.41, 5.74) is 5.22. The van der Waals surface area contributed by atoms with Crippen molar-refractivity contribution in [1.82, 2.24) is 4.90 Å². The van der Waals surface area contributed by atoms with Crippen molar-refractivity contribution in [2.75, 3.05) is 27.5 Å². The van der Waals surface area contributed by atoms with Gasteiger partial charge in [0, 0.05) is 35.7 Å². The minimum Gasteiger partial charge on any atom is -0.493 e. The van der Waals surface area contributed by atoms with Gasteiger partial charge in [0.05, 0.1) is 14.2 Å². The molecule has 0 N–H and O–H groups in total. The quantitative estimate of drug-likeness (QED) is 0.372. The fraction of sp³-hybridized carbons (Fsp3) is 0.250. The maximum absolute atomic E-state index is 12.3. The summed E-state index contributed by atoms with van der Waals surface area (Å²) in [5.74, 6) is 2.27. The van der Waals surface area contributed by atoms with Crippen molar-refractivity contribution >= 4 is 11.0 Å². The van der Waals surface area contributed by atoms with Crippen LogP contribution in [-0.2, 0) is 13.0 Å². The van der Waals surface area contributed by atoms with Gasteiger partial charge in [0.2, 0.25) is 0 Å². The first kappa shape index (κ1) is 22.0. The highest BCUT2D eigenvalue weighted by molar-refractivity contribution is 5.96. The van der Waals surface area contributed by atoms with Gasteiger partial charge in [0.1, 0.15) is 18.1 Å². The molecule has 34 heavy (non-hydrogen) atoms. The van der Waals surface area contributed by atoms with E-state index in [-0.39, 0.29) is 5.63 Å². The van der Waals surface area contributed by atoms with Crippen LogP contribution in [-0.4, -0.2) is 32.4 Å². The summed E-state index contributed by atoms with van der Waals surface area (Å²) in [6.07, 6.45) is 0.857. The fourth-order valence-electron chi connectivity index (χ4n) is 4.59. The van der Waals surface area contributed by atoms with E-state index in [0.29, 0.717) is 12.3 Å². The second kappa shape index (κ2) is 9.23. The van der Waals surface area contributed by atoms with Gasteiger partial charge < -0.3 is 18.6 Å². The molecule has 0 bridgehead atoms. The molecule has 3 aromatic carbocycles. The first-order valence-corrected chi connectivity index (χ1v) is 11.3. The molecule has 5 rings (SSSR count). The second-order valence-corrected chi connectivity index (χ2v) is 8.48. The minimum atomic E-state index is -0.359. The molecule has 0 fully saturated rings. The lowest BCUT2D eigenvalue weighted by atomic mass is 9.97. The fourth-order valence-corrected chi connectivity index (χ4v) is 4.59. The van der Waals surface area contributed by atoms with Crippen LogP contribution in [0.2, 0.25) is 0 Å². The van der Waals surface area contributed by atoms with E-state index in [1.165, 1.54) is 5.56 Å². The van der Waals surface area contributed by atoms with Crippen LogP contribution in [0.3, 0.4) is 0 Å².